The fraction of sp³-hybridized carbons (Fsp3) is 0.682. The van der Waals surface area contributed by atoms with E-state index in [0.717, 1.165) is 45.1 Å². The van der Waals surface area contributed by atoms with Crippen LogP contribution in [0.2, 0.25) is 0 Å². The van der Waals surface area contributed by atoms with Crippen LogP contribution in [0.4, 0.5) is 0 Å². The Hall–Kier alpha value is -0.860. The molecule has 5 nitrogen and oxygen atoms in total. The number of ether oxygens (including phenoxy) is 1. The molecule has 0 bridgehead atoms. The van der Waals surface area contributed by atoms with Gasteiger partial charge in [0.1, 0.15) is 0 Å². The minimum absolute atomic E-state index is 0. The Labute approximate surface area is 187 Å². The zero-order chi connectivity index (χ0) is 19.2. The highest BCUT2D eigenvalue weighted by Crippen LogP contribution is 2.40. The third kappa shape index (κ3) is 5.39. The van der Waals surface area contributed by atoms with E-state index in [9.17, 15) is 0 Å². The minimum Gasteiger partial charge on any atom is -0.381 e. The van der Waals surface area contributed by atoms with E-state index in [4.69, 9.17) is 4.74 Å². The largest absolute Gasteiger partial charge is 0.381 e. The van der Waals surface area contributed by atoms with Crippen LogP contribution < -0.4 is 10.6 Å². The van der Waals surface area contributed by atoms with E-state index in [1.54, 1.807) is 0 Å². The first-order valence-electron chi connectivity index (χ1n) is 10.4. The molecule has 158 valence electrons. The van der Waals surface area contributed by atoms with Crippen molar-refractivity contribution in [3.63, 3.8) is 0 Å². The van der Waals surface area contributed by atoms with Crippen LogP contribution >= 0.6 is 24.0 Å². The lowest BCUT2D eigenvalue weighted by molar-refractivity contribution is -0.00501. The van der Waals surface area contributed by atoms with E-state index in [0.29, 0.717) is 0 Å². The normalized spacial score (nSPS) is 21.2. The summed E-state index contributed by atoms with van der Waals surface area (Å²) in [5.41, 5.74) is 1.83. The lowest BCUT2D eigenvalue weighted by atomic mass is 9.79. The Bertz CT molecular complexity index is 608. The molecule has 3 rings (SSSR count). The Balaban J connectivity index is 0.00000280. The van der Waals surface area contributed by atoms with Crippen molar-refractivity contribution in [2.24, 2.45) is 4.99 Å². The van der Waals surface area contributed by atoms with E-state index in [2.05, 4.69) is 65.0 Å². The predicted molar refractivity (Wildman–Crippen MR) is 128 cm³/mol. The summed E-state index contributed by atoms with van der Waals surface area (Å²) in [6.07, 6.45) is 7.23. The number of guanidine groups is 1. The second-order valence-electron chi connectivity index (χ2n) is 8.36. The highest BCUT2D eigenvalue weighted by atomic mass is 127. The summed E-state index contributed by atoms with van der Waals surface area (Å²) >= 11 is 0. The predicted octanol–water partition coefficient (Wildman–Crippen LogP) is 3.39. The standard InChI is InChI=1S/C22H36N4O.HI/c1-23-20(25-18-22(26(2)3)13-15-27-16-14-22)24-17-21(11-7-8-12-21)19-9-5-4-6-10-19;/h4-6,9-10H,7-8,11-18H2,1-3H3,(H2,23,24,25);1H. The maximum absolute atomic E-state index is 5.58. The molecular weight excluding hydrogens is 463 g/mol. The molecule has 0 radical (unpaired) electrons. The van der Waals surface area contributed by atoms with Crippen LogP contribution in [0.5, 0.6) is 0 Å². The molecule has 1 aliphatic heterocycles. The fourth-order valence-electron chi connectivity index (χ4n) is 4.67. The van der Waals surface area contributed by atoms with Gasteiger partial charge in [0, 0.05) is 44.3 Å². The summed E-state index contributed by atoms with van der Waals surface area (Å²) in [6.45, 7) is 3.50. The molecule has 1 saturated heterocycles. The third-order valence-electron chi connectivity index (χ3n) is 6.72. The molecule has 1 saturated carbocycles. The first-order chi connectivity index (χ1) is 13.1. The van der Waals surface area contributed by atoms with Crippen molar-refractivity contribution < 1.29 is 4.74 Å². The fourth-order valence-corrected chi connectivity index (χ4v) is 4.67. The highest BCUT2D eigenvalue weighted by molar-refractivity contribution is 14.0. The first-order valence-corrected chi connectivity index (χ1v) is 10.4. The molecule has 0 atom stereocenters. The molecule has 6 heteroatoms. The molecule has 1 heterocycles. The van der Waals surface area contributed by atoms with Crippen LogP contribution in [0.15, 0.2) is 35.3 Å². The van der Waals surface area contributed by atoms with Gasteiger partial charge in [0.25, 0.3) is 0 Å². The van der Waals surface area contributed by atoms with Crippen molar-refractivity contribution in [2.75, 3.05) is 47.4 Å². The van der Waals surface area contributed by atoms with Crippen LogP contribution in [0.1, 0.15) is 44.1 Å². The van der Waals surface area contributed by atoms with Gasteiger partial charge in [-0.3, -0.25) is 4.99 Å². The van der Waals surface area contributed by atoms with E-state index in [1.807, 2.05) is 7.05 Å². The highest BCUT2D eigenvalue weighted by Gasteiger charge is 2.37. The molecule has 0 amide bonds. The van der Waals surface area contributed by atoms with Crippen molar-refractivity contribution in [1.29, 1.82) is 0 Å². The van der Waals surface area contributed by atoms with Crippen LogP contribution in [-0.4, -0.2) is 63.8 Å². The average molecular weight is 500 g/mol. The molecule has 1 aromatic rings. The van der Waals surface area contributed by atoms with Gasteiger partial charge < -0.3 is 20.3 Å². The van der Waals surface area contributed by atoms with E-state index >= 15 is 0 Å². The monoisotopic (exact) mass is 500 g/mol. The lowest BCUT2D eigenvalue weighted by Gasteiger charge is -2.43. The molecule has 2 N–H and O–H groups in total. The van der Waals surface area contributed by atoms with Gasteiger partial charge in [-0.15, -0.1) is 24.0 Å². The Morgan fingerprint density at radius 1 is 1.00 bits per heavy atom. The van der Waals surface area contributed by atoms with E-state index in [-0.39, 0.29) is 34.9 Å². The topological polar surface area (TPSA) is 48.9 Å². The minimum atomic E-state index is 0. The smallest absolute Gasteiger partial charge is 0.191 e. The second-order valence-corrected chi connectivity index (χ2v) is 8.36. The van der Waals surface area contributed by atoms with Gasteiger partial charge in [-0.2, -0.15) is 0 Å². The Morgan fingerprint density at radius 2 is 1.61 bits per heavy atom. The summed E-state index contributed by atoms with van der Waals surface area (Å²) in [7, 11) is 6.21. The van der Waals surface area contributed by atoms with Gasteiger partial charge in [-0.1, -0.05) is 43.2 Å². The molecular formula is C22H37IN4O. The molecule has 2 fully saturated rings. The maximum atomic E-state index is 5.58. The van der Waals surface area contributed by atoms with Crippen LogP contribution in [0.25, 0.3) is 0 Å². The van der Waals surface area contributed by atoms with Gasteiger partial charge in [0.15, 0.2) is 5.96 Å². The summed E-state index contributed by atoms with van der Waals surface area (Å²) in [5, 5.41) is 7.23. The van der Waals surface area contributed by atoms with Crippen LogP contribution in [-0.2, 0) is 10.2 Å². The molecule has 2 aliphatic rings. The van der Waals surface area contributed by atoms with Crippen LogP contribution in [0.3, 0.4) is 0 Å². The summed E-state index contributed by atoms with van der Waals surface area (Å²) in [4.78, 5) is 6.84. The number of benzene rings is 1. The first kappa shape index (κ1) is 23.4. The van der Waals surface area contributed by atoms with Crippen molar-refractivity contribution in [3.8, 4) is 0 Å². The molecule has 28 heavy (non-hydrogen) atoms. The van der Waals surface area contributed by atoms with Crippen molar-refractivity contribution in [2.45, 2.75) is 49.5 Å². The number of rotatable bonds is 6. The SMILES string of the molecule is CN=C(NCC1(c2ccccc2)CCCC1)NCC1(N(C)C)CCOCC1.I. The Kier molecular flexibility index (Phi) is 9.02. The van der Waals surface area contributed by atoms with Gasteiger partial charge in [-0.25, -0.2) is 0 Å². The number of aliphatic imine (C=N–C) groups is 1. The zero-order valence-electron chi connectivity index (χ0n) is 17.7. The number of hydrogen-bond acceptors (Lipinski definition) is 3. The van der Waals surface area contributed by atoms with Crippen molar-refractivity contribution in [1.82, 2.24) is 15.5 Å². The second kappa shape index (κ2) is 10.8. The molecule has 0 spiro atoms. The number of likely N-dealkylation sites (N-methyl/N-ethyl adjacent to an activating group) is 1. The van der Waals surface area contributed by atoms with Gasteiger partial charge in [-0.05, 0) is 45.3 Å². The Morgan fingerprint density at radius 3 is 2.18 bits per heavy atom. The third-order valence-corrected chi connectivity index (χ3v) is 6.72. The van der Waals surface area contributed by atoms with Crippen molar-refractivity contribution in [3.05, 3.63) is 35.9 Å². The summed E-state index contributed by atoms with van der Waals surface area (Å²) in [5.74, 6) is 0.907. The quantitative estimate of drug-likeness (QED) is 0.357. The summed E-state index contributed by atoms with van der Waals surface area (Å²) < 4.78 is 5.58. The lowest BCUT2D eigenvalue weighted by Crippen LogP contribution is -2.57. The van der Waals surface area contributed by atoms with E-state index in [1.165, 1.54) is 31.2 Å². The maximum Gasteiger partial charge on any atom is 0.191 e. The molecule has 1 aromatic carbocycles. The summed E-state index contributed by atoms with van der Waals surface area (Å²) in [6, 6.07) is 11.0. The van der Waals surface area contributed by atoms with Gasteiger partial charge in [0.2, 0.25) is 0 Å². The molecule has 0 unspecified atom stereocenters. The van der Waals surface area contributed by atoms with Gasteiger partial charge >= 0.3 is 0 Å². The zero-order valence-corrected chi connectivity index (χ0v) is 20.0. The average Bonchev–Trinajstić information content (AvgIpc) is 3.19. The number of hydrogen-bond donors (Lipinski definition) is 2. The number of nitrogens with one attached hydrogen (secondary N) is 2. The molecule has 1 aliphatic carbocycles. The van der Waals surface area contributed by atoms with E-state index < -0.39 is 0 Å². The van der Waals surface area contributed by atoms with Gasteiger partial charge in [0.05, 0.1) is 0 Å². The molecule has 0 aromatic heterocycles. The number of halogens is 1. The number of nitrogens with zero attached hydrogens (tertiary/aromatic N) is 2. The van der Waals surface area contributed by atoms with Crippen LogP contribution in [0, 0.1) is 0 Å². The van der Waals surface area contributed by atoms with Crippen molar-refractivity contribution >= 4 is 29.9 Å².